The number of halogens is 1. The molecule has 0 bridgehead atoms. The largest absolute Gasteiger partial charge is 0.300 e. The molecule has 2 aromatic carbocycles. The molecule has 4 rings (SSSR count). The number of benzene rings is 2. The molecule has 150 valence electrons. The van der Waals surface area contributed by atoms with Gasteiger partial charge in [-0.05, 0) is 74.2 Å². The summed E-state index contributed by atoms with van der Waals surface area (Å²) < 4.78 is 15.8. The third-order valence-corrected chi connectivity index (χ3v) is 5.44. The number of hydrogen-bond donors (Lipinski definition) is 0. The second kappa shape index (κ2) is 8.66. The average molecular weight is 392 g/mol. The lowest BCUT2D eigenvalue weighted by Crippen LogP contribution is -2.32. The summed E-state index contributed by atoms with van der Waals surface area (Å²) in [6.07, 6.45) is 4.20. The molecule has 0 N–H and O–H groups in total. The molecular weight excluding hydrogens is 367 g/mol. The summed E-state index contributed by atoms with van der Waals surface area (Å²) in [7, 11) is 0. The van der Waals surface area contributed by atoms with Crippen LogP contribution in [0.2, 0.25) is 0 Å². The van der Waals surface area contributed by atoms with Crippen LogP contribution < -0.4 is 0 Å². The monoisotopic (exact) mass is 392 g/mol. The molecule has 0 saturated carbocycles. The van der Waals surface area contributed by atoms with E-state index in [0.29, 0.717) is 12.3 Å². The Morgan fingerprint density at radius 2 is 1.90 bits per heavy atom. The number of ketones is 1. The maximum Gasteiger partial charge on any atom is 0.134 e. The van der Waals surface area contributed by atoms with Gasteiger partial charge in [-0.2, -0.15) is 0 Å². The average Bonchev–Trinajstić information content (AvgIpc) is 3.17. The summed E-state index contributed by atoms with van der Waals surface area (Å²) in [4.78, 5) is 13.7. The van der Waals surface area contributed by atoms with Gasteiger partial charge in [0.2, 0.25) is 0 Å². The number of nitrogens with zero attached hydrogens (tertiary/aromatic N) is 4. The van der Waals surface area contributed by atoms with E-state index in [1.165, 1.54) is 13.0 Å². The van der Waals surface area contributed by atoms with Crippen molar-refractivity contribution in [3.63, 3.8) is 0 Å². The lowest BCUT2D eigenvalue weighted by Gasteiger charge is -2.31. The van der Waals surface area contributed by atoms with Gasteiger partial charge in [0, 0.05) is 13.0 Å². The van der Waals surface area contributed by atoms with E-state index in [2.05, 4.69) is 15.2 Å². The Morgan fingerprint density at radius 1 is 1.14 bits per heavy atom. The molecule has 2 heterocycles. The normalized spacial score (nSPS) is 15.5. The van der Waals surface area contributed by atoms with Gasteiger partial charge in [-0.15, -0.1) is 5.10 Å². The van der Waals surface area contributed by atoms with Crippen molar-refractivity contribution < 1.29 is 9.18 Å². The number of rotatable bonds is 6. The van der Waals surface area contributed by atoms with Crippen LogP contribution in [0.25, 0.3) is 5.69 Å². The molecule has 1 aliphatic rings. The highest BCUT2D eigenvalue weighted by Crippen LogP contribution is 2.30. The molecule has 0 unspecified atom stereocenters. The fourth-order valence-corrected chi connectivity index (χ4v) is 4.03. The Bertz CT molecular complexity index is 978. The second-order valence-electron chi connectivity index (χ2n) is 7.81. The van der Waals surface area contributed by atoms with E-state index >= 15 is 0 Å². The van der Waals surface area contributed by atoms with Crippen molar-refractivity contribution in [3.8, 4) is 5.69 Å². The highest BCUT2D eigenvalue weighted by Gasteiger charge is 2.22. The van der Waals surface area contributed by atoms with Gasteiger partial charge in [-0.3, -0.25) is 9.69 Å². The van der Waals surface area contributed by atoms with Gasteiger partial charge >= 0.3 is 0 Å². The minimum absolute atomic E-state index is 0.0555. The molecule has 0 atom stereocenters. The Morgan fingerprint density at radius 3 is 2.62 bits per heavy atom. The first-order valence-corrected chi connectivity index (χ1v) is 10.0. The third kappa shape index (κ3) is 4.95. The van der Waals surface area contributed by atoms with Crippen molar-refractivity contribution in [3.05, 3.63) is 77.4 Å². The number of aromatic nitrogens is 3. The molecule has 0 radical (unpaired) electrons. The van der Waals surface area contributed by atoms with Crippen molar-refractivity contribution in [1.82, 2.24) is 19.9 Å². The van der Waals surface area contributed by atoms with E-state index in [1.54, 1.807) is 10.7 Å². The highest BCUT2D eigenvalue weighted by atomic mass is 19.1. The minimum atomic E-state index is -0.251. The van der Waals surface area contributed by atoms with Gasteiger partial charge in [0.1, 0.15) is 11.6 Å². The first kappa shape index (κ1) is 19.5. The quantitative estimate of drug-likeness (QED) is 0.638. The van der Waals surface area contributed by atoms with Crippen LogP contribution in [0.5, 0.6) is 0 Å². The molecule has 0 spiro atoms. The van der Waals surface area contributed by atoms with Gasteiger partial charge < -0.3 is 0 Å². The van der Waals surface area contributed by atoms with Gasteiger partial charge in [0.05, 0.1) is 17.6 Å². The fraction of sp³-hybridized carbons (Fsp3) is 0.348. The second-order valence-corrected chi connectivity index (χ2v) is 7.81. The van der Waals surface area contributed by atoms with Crippen LogP contribution in [-0.2, 0) is 17.8 Å². The van der Waals surface area contributed by atoms with Crippen LogP contribution in [0.1, 0.15) is 42.5 Å². The number of para-hydroxylation sites is 1. The minimum Gasteiger partial charge on any atom is -0.300 e. The van der Waals surface area contributed by atoms with Crippen LogP contribution in [0, 0.1) is 5.82 Å². The molecule has 5 nitrogen and oxygen atoms in total. The van der Waals surface area contributed by atoms with Gasteiger partial charge in [0.15, 0.2) is 0 Å². The van der Waals surface area contributed by atoms with Crippen LogP contribution in [-0.4, -0.2) is 38.8 Å². The Hall–Kier alpha value is -2.86. The van der Waals surface area contributed by atoms with Gasteiger partial charge in [-0.1, -0.05) is 29.5 Å². The predicted octanol–water partition coefficient (Wildman–Crippen LogP) is 3.92. The first-order valence-electron chi connectivity index (χ1n) is 10.0. The molecule has 0 amide bonds. The lowest BCUT2D eigenvalue weighted by atomic mass is 9.88. The molecule has 1 aromatic heterocycles. The maximum absolute atomic E-state index is 14.0. The third-order valence-electron chi connectivity index (χ3n) is 5.44. The van der Waals surface area contributed by atoms with Crippen molar-refractivity contribution in [2.45, 2.75) is 38.6 Å². The topological polar surface area (TPSA) is 51.0 Å². The van der Waals surface area contributed by atoms with E-state index in [0.717, 1.165) is 55.0 Å². The van der Waals surface area contributed by atoms with Crippen LogP contribution in [0.4, 0.5) is 4.39 Å². The molecule has 0 aliphatic carbocycles. The zero-order valence-electron chi connectivity index (χ0n) is 16.6. The number of hydrogen-bond acceptors (Lipinski definition) is 4. The van der Waals surface area contributed by atoms with E-state index < -0.39 is 0 Å². The highest BCUT2D eigenvalue weighted by molar-refractivity contribution is 5.78. The van der Waals surface area contributed by atoms with E-state index in [-0.39, 0.29) is 11.6 Å². The van der Waals surface area contributed by atoms with Gasteiger partial charge in [0.25, 0.3) is 0 Å². The van der Waals surface area contributed by atoms with E-state index in [9.17, 15) is 9.18 Å². The Labute approximate surface area is 170 Å². The fourth-order valence-electron chi connectivity index (χ4n) is 4.03. The molecule has 1 saturated heterocycles. The molecular formula is C23H25FN4O. The molecule has 6 heteroatoms. The maximum atomic E-state index is 14.0. The summed E-state index contributed by atoms with van der Waals surface area (Å²) >= 11 is 0. The molecule has 29 heavy (non-hydrogen) atoms. The zero-order valence-corrected chi connectivity index (χ0v) is 16.6. The van der Waals surface area contributed by atoms with E-state index in [1.807, 2.05) is 42.6 Å². The number of likely N-dealkylation sites (tertiary alicyclic amines) is 1. The summed E-state index contributed by atoms with van der Waals surface area (Å²) in [5.74, 6) is 0.131. The summed E-state index contributed by atoms with van der Waals surface area (Å²) in [6, 6.07) is 15.0. The smallest absolute Gasteiger partial charge is 0.134 e. The first-order chi connectivity index (χ1) is 14.1. The molecule has 1 fully saturated rings. The standard InChI is InChI=1S/C23H25FN4O/c1-17(29)11-18-12-20(14-21(24)13-18)19-7-9-27(10-8-19)15-22-16-28(26-25-22)23-5-3-2-4-6-23/h2-6,12-14,16,19H,7-11,15H2,1H3. The Balaban J connectivity index is 1.36. The van der Waals surface area contributed by atoms with Crippen LogP contribution >= 0.6 is 0 Å². The Kier molecular flexibility index (Phi) is 5.81. The van der Waals surface area contributed by atoms with Crippen molar-refractivity contribution in [2.24, 2.45) is 0 Å². The van der Waals surface area contributed by atoms with E-state index in [4.69, 9.17) is 0 Å². The van der Waals surface area contributed by atoms with Crippen molar-refractivity contribution >= 4 is 5.78 Å². The van der Waals surface area contributed by atoms with Crippen LogP contribution in [0.15, 0.2) is 54.7 Å². The molecule has 3 aromatic rings. The summed E-state index contributed by atoms with van der Waals surface area (Å²) in [6.45, 7) is 4.16. The van der Waals surface area contributed by atoms with Gasteiger partial charge in [-0.25, -0.2) is 9.07 Å². The predicted molar refractivity (Wildman–Crippen MR) is 109 cm³/mol. The number of carbonyl (C=O) groups excluding carboxylic acids is 1. The zero-order chi connectivity index (χ0) is 20.2. The number of Topliss-reactive ketones (excluding diaryl/α,β-unsaturated/α-hetero) is 1. The SMILES string of the molecule is CC(=O)Cc1cc(F)cc(C2CCN(Cc3cn(-c4ccccc4)nn3)CC2)c1. The lowest BCUT2D eigenvalue weighted by molar-refractivity contribution is -0.116. The molecule has 1 aliphatic heterocycles. The number of carbonyl (C=O) groups is 1. The number of piperidine rings is 1. The summed E-state index contributed by atoms with van der Waals surface area (Å²) in [5.41, 5.74) is 3.72. The summed E-state index contributed by atoms with van der Waals surface area (Å²) in [5, 5.41) is 8.53. The van der Waals surface area contributed by atoms with Crippen molar-refractivity contribution in [2.75, 3.05) is 13.1 Å². The van der Waals surface area contributed by atoms with Crippen molar-refractivity contribution in [1.29, 1.82) is 0 Å². The van der Waals surface area contributed by atoms with Crippen LogP contribution in [0.3, 0.4) is 0 Å².